The Balaban J connectivity index is 0.00000320. The van der Waals surface area contributed by atoms with Gasteiger partial charge in [0.1, 0.15) is 11.3 Å². The summed E-state index contributed by atoms with van der Waals surface area (Å²) in [4.78, 5) is 5.74. The molecule has 1 aliphatic rings. The molecule has 2 aromatic rings. The first-order valence-electron chi connectivity index (χ1n) is 10.1. The van der Waals surface area contributed by atoms with Gasteiger partial charge >= 0.3 is 6.18 Å². The molecule has 0 amide bonds. The number of benzene rings is 1. The van der Waals surface area contributed by atoms with Crippen molar-refractivity contribution in [2.45, 2.75) is 38.9 Å². The van der Waals surface area contributed by atoms with Crippen LogP contribution in [0.25, 0.3) is 11.0 Å². The van der Waals surface area contributed by atoms with Crippen molar-refractivity contribution in [2.75, 3.05) is 33.2 Å². The highest BCUT2D eigenvalue weighted by atomic mass is 127. The van der Waals surface area contributed by atoms with E-state index in [2.05, 4.69) is 15.6 Å². The number of hydrogen-bond acceptors (Lipinski definition) is 3. The largest absolute Gasteiger partial charge is 0.459 e. The molecule has 0 unspecified atom stereocenters. The highest BCUT2D eigenvalue weighted by Crippen LogP contribution is 2.25. The zero-order valence-electron chi connectivity index (χ0n) is 17.4. The Hall–Kier alpha value is -1.49. The lowest BCUT2D eigenvalue weighted by atomic mass is 9.93. The lowest BCUT2D eigenvalue weighted by molar-refractivity contribution is -0.148. The number of hydrogen-bond donors (Lipinski definition) is 2. The summed E-state index contributed by atoms with van der Waals surface area (Å²) >= 11 is 0. The van der Waals surface area contributed by atoms with Crippen LogP contribution in [0.3, 0.4) is 0 Å². The second-order valence-electron chi connectivity index (χ2n) is 7.62. The molecule has 9 heteroatoms. The third kappa shape index (κ3) is 7.04. The number of guanidine groups is 1. The van der Waals surface area contributed by atoms with Gasteiger partial charge in [0.05, 0.1) is 13.1 Å². The quantitative estimate of drug-likeness (QED) is 0.319. The first-order valence-corrected chi connectivity index (χ1v) is 10.1. The molecule has 1 aromatic carbocycles. The summed E-state index contributed by atoms with van der Waals surface area (Å²) in [6.45, 7) is 3.56. The van der Waals surface area contributed by atoms with E-state index < -0.39 is 12.7 Å². The summed E-state index contributed by atoms with van der Waals surface area (Å²) in [5, 5.41) is 7.68. The summed E-state index contributed by atoms with van der Waals surface area (Å²) in [6.07, 6.45) is -1.57. The number of halogens is 4. The number of aryl methyl sites for hydroxylation is 1. The number of nitrogens with zero attached hydrogens (tertiary/aromatic N) is 2. The zero-order chi connectivity index (χ0) is 20.9. The number of nitrogens with one attached hydrogen (secondary N) is 2. The van der Waals surface area contributed by atoms with Gasteiger partial charge in [0, 0.05) is 24.5 Å². The first-order chi connectivity index (χ1) is 13.9. The van der Waals surface area contributed by atoms with Gasteiger partial charge in [-0.3, -0.25) is 9.89 Å². The van der Waals surface area contributed by atoms with Crippen LogP contribution in [0.15, 0.2) is 33.7 Å². The van der Waals surface area contributed by atoms with Crippen LogP contribution in [0.2, 0.25) is 0 Å². The Bertz CT molecular complexity index is 829. The third-order valence-electron chi connectivity index (χ3n) is 5.54. The van der Waals surface area contributed by atoms with Gasteiger partial charge in [-0.1, -0.05) is 18.2 Å². The molecule has 1 fully saturated rings. The molecule has 1 saturated heterocycles. The number of para-hydroxylation sites is 1. The van der Waals surface area contributed by atoms with Crippen LogP contribution in [0.1, 0.15) is 30.6 Å². The fourth-order valence-electron chi connectivity index (χ4n) is 3.86. The van der Waals surface area contributed by atoms with Crippen molar-refractivity contribution < 1.29 is 17.6 Å². The predicted molar refractivity (Wildman–Crippen MR) is 124 cm³/mol. The summed E-state index contributed by atoms with van der Waals surface area (Å²) in [7, 11) is 1.72. The van der Waals surface area contributed by atoms with E-state index in [0.29, 0.717) is 31.5 Å². The molecule has 0 bridgehead atoms. The van der Waals surface area contributed by atoms with Crippen molar-refractivity contribution in [3.63, 3.8) is 0 Å². The normalized spacial score (nSPS) is 16.5. The second-order valence-corrected chi connectivity index (χ2v) is 7.62. The number of alkyl halides is 3. The standard InChI is InChI=1S/C21H29F3N4O.HI/c1-15-17-5-3-4-6-18(17)29-19(15)13-27-20(25-2)26-10-7-16-8-11-28(12-9-16)14-21(22,23)24;/h3-6,16H,7-14H2,1-2H3,(H2,25,26,27);1H. The van der Waals surface area contributed by atoms with Crippen LogP contribution in [-0.4, -0.2) is 50.3 Å². The van der Waals surface area contributed by atoms with Gasteiger partial charge in [0.25, 0.3) is 0 Å². The molecule has 30 heavy (non-hydrogen) atoms. The molecule has 168 valence electrons. The zero-order valence-corrected chi connectivity index (χ0v) is 19.7. The van der Waals surface area contributed by atoms with E-state index in [-0.39, 0.29) is 24.0 Å². The Kier molecular flexibility index (Phi) is 9.27. The smallest absolute Gasteiger partial charge is 0.401 e. The van der Waals surface area contributed by atoms with Gasteiger partial charge in [-0.15, -0.1) is 24.0 Å². The minimum Gasteiger partial charge on any atom is -0.459 e. The van der Waals surface area contributed by atoms with Crippen LogP contribution < -0.4 is 10.6 Å². The minimum absolute atomic E-state index is 0. The van der Waals surface area contributed by atoms with Gasteiger partial charge in [-0.2, -0.15) is 13.2 Å². The number of aliphatic imine (C=N–C) groups is 1. The fourth-order valence-corrected chi connectivity index (χ4v) is 3.86. The lowest BCUT2D eigenvalue weighted by Gasteiger charge is -2.32. The van der Waals surface area contributed by atoms with Crippen molar-refractivity contribution in [3.05, 3.63) is 35.6 Å². The highest BCUT2D eigenvalue weighted by Gasteiger charge is 2.32. The number of likely N-dealkylation sites (tertiary alicyclic amines) is 1. The minimum atomic E-state index is -4.11. The molecule has 0 saturated carbocycles. The SMILES string of the molecule is CN=C(NCCC1CCN(CC(F)(F)F)CC1)NCc1oc2ccccc2c1C.I. The maximum absolute atomic E-state index is 12.5. The van der Waals surface area contributed by atoms with Crippen LogP contribution in [0.4, 0.5) is 13.2 Å². The van der Waals surface area contributed by atoms with Crippen molar-refractivity contribution >= 4 is 40.9 Å². The molecule has 1 aliphatic heterocycles. The second kappa shape index (κ2) is 11.2. The number of rotatable bonds is 6. The number of piperidine rings is 1. The van der Waals surface area contributed by atoms with Gasteiger partial charge in [0.2, 0.25) is 0 Å². The van der Waals surface area contributed by atoms with E-state index in [1.54, 1.807) is 7.05 Å². The maximum atomic E-state index is 12.5. The summed E-state index contributed by atoms with van der Waals surface area (Å²) < 4.78 is 43.3. The molecule has 0 atom stereocenters. The number of furan rings is 1. The van der Waals surface area contributed by atoms with Crippen LogP contribution in [0.5, 0.6) is 0 Å². The monoisotopic (exact) mass is 538 g/mol. The van der Waals surface area contributed by atoms with Gasteiger partial charge in [0.15, 0.2) is 5.96 Å². The van der Waals surface area contributed by atoms with E-state index in [1.807, 2.05) is 31.2 Å². The molecule has 2 N–H and O–H groups in total. The van der Waals surface area contributed by atoms with E-state index in [0.717, 1.165) is 48.1 Å². The van der Waals surface area contributed by atoms with Gasteiger partial charge < -0.3 is 15.1 Å². The third-order valence-corrected chi connectivity index (χ3v) is 5.54. The van der Waals surface area contributed by atoms with Crippen molar-refractivity contribution in [3.8, 4) is 0 Å². The van der Waals surface area contributed by atoms with E-state index >= 15 is 0 Å². The van der Waals surface area contributed by atoms with Crippen LogP contribution >= 0.6 is 24.0 Å². The Morgan fingerprint density at radius 1 is 1.20 bits per heavy atom. The molecule has 0 spiro atoms. The Morgan fingerprint density at radius 3 is 2.53 bits per heavy atom. The fraction of sp³-hybridized carbons (Fsp3) is 0.571. The van der Waals surface area contributed by atoms with E-state index in [1.165, 1.54) is 4.90 Å². The van der Waals surface area contributed by atoms with Gasteiger partial charge in [-0.05, 0) is 51.3 Å². The topological polar surface area (TPSA) is 52.8 Å². The van der Waals surface area contributed by atoms with Crippen LogP contribution in [-0.2, 0) is 6.54 Å². The van der Waals surface area contributed by atoms with E-state index in [4.69, 9.17) is 4.42 Å². The molecule has 5 nitrogen and oxygen atoms in total. The molecule has 2 heterocycles. The van der Waals surface area contributed by atoms with Crippen LogP contribution in [0, 0.1) is 12.8 Å². The maximum Gasteiger partial charge on any atom is 0.401 e. The van der Waals surface area contributed by atoms with Crippen molar-refractivity contribution in [1.82, 2.24) is 15.5 Å². The predicted octanol–water partition coefficient (Wildman–Crippen LogP) is 4.69. The molecule has 3 rings (SSSR count). The summed E-state index contributed by atoms with van der Waals surface area (Å²) in [6, 6.07) is 7.95. The molecular weight excluding hydrogens is 508 g/mol. The highest BCUT2D eigenvalue weighted by molar-refractivity contribution is 14.0. The first kappa shape index (κ1) is 24.8. The van der Waals surface area contributed by atoms with Crippen molar-refractivity contribution in [1.29, 1.82) is 0 Å². The molecule has 1 aromatic heterocycles. The van der Waals surface area contributed by atoms with E-state index in [9.17, 15) is 13.2 Å². The molecule has 0 aliphatic carbocycles. The average molecular weight is 538 g/mol. The average Bonchev–Trinajstić information content (AvgIpc) is 3.01. The Labute approximate surface area is 192 Å². The molecule has 0 radical (unpaired) electrons. The molecular formula is C21H30F3IN4O. The number of fused-ring (bicyclic) bond motifs is 1. The summed E-state index contributed by atoms with van der Waals surface area (Å²) in [5.74, 6) is 2.02. The van der Waals surface area contributed by atoms with Crippen molar-refractivity contribution in [2.24, 2.45) is 10.9 Å². The Morgan fingerprint density at radius 2 is 1.90 bits per heavy atom. The summed E-state index contributed by atoms with van der Waals surface area (Å²) in [5.41, 5.74) is 2.00. The van der Waals surface area contributed by atoms with Gasteiger partial charge in [-0.25, -0.2) is 0 Å². The lowest BCUT2D eigenvalue weighted by Crippen LogP contribution is -2.41.